The van der Waals surface area contributed by atoms with Gasteiger partial charge in [0.25, 0.3) is 0 Å². The largest absolute Gasteiger partial charge is 0.493 e. The van der Waals surface area contributed by atoms with Crippen LogP contribution in [0.1, 0.15) is 19.8 Å². The van der Waals surface area contributed by atoms with E-state index in [2.05, 4.69) is 16.8 Å². The lowest BCUT2D eigenvalue weighted by molar-refractivity contribution is 0.435. The monoisotopic (exact) mass is 192 g/mol. The van der Waals surface area contributed by atoms with Crippen LogP contribution in [0.25, 0.3) is 0 Å². The highest BCUT2D eigenvalue weighted by atomic mass is 16.3. The average Bonchev–Trinajstić information content (AvgIpc) is 2.19. The lowest BCUT2D eigenvalue weighted by Crippen LogP contribution is -2.32. The third-order valence-corrected chi connectivity index (χ3v) is 2.88. The van der Waals surface area contributed by atoms with Crippen molar-refractivity contribution in [2.45, 2.75) is 19.8 Å². The fraction of sp³-hybridized carbons (Fsp3) is 0.545. The van der Waals surface area contributed by atoms with Gasteiger partial charge in [-0.25, -0.2) is 4.98 Å². The summed E-state index contributed by atoms with van der Waals surface area (Å²) >= 11 is 0. The maximum absolute atomic E-state index is 9.26. The van der Waals surface area contributed by atoms with Crippen molar-refractivity contribution in [3.05, 3.63) is 18.3 Å². The zero-order valence-corrected chi connectivity index (χ0v) is 8.48. The molecule has 14 heavy (non-hydrogen) atoms. The minimum Gasteiger partial charge on any atom is -0.493 e. The molecule has 0 aliphatic carbocycles. The van der Waals surface area contributed by atoms with Crippen molar-refractivity contribution in [1.82, 2.24) is 4.98 Å². The number of aromatic nitrogens is 1. The second kappa shape index (κ2) is 3.86. The molecule has 0 atom stereocenters. The summed E-state index contributed by atoms with van der Waals surface area (Å²) in [6.07, 6.45) is 4.13. The van der Waals surface area contributed by atoms with Gasteiger partial charge in [0, 0.05) is 31.0 Å². The van der Waals surface area contributed by atoms with Crippen LogP contribution in [0.4, 0.5) is 5.69 Å². The Hall–Kier alpha value is -1.25. The third kappa shape index (κ3) is 1.97. The van der Waals surface area contributed by atoms with Crippen molar-refractivity contribution >= 4 is 5.69 Å². The van der Waals surface area contributed by atoms with E-state index in [4.69, 9.17) is 0 Å². The van der Waals surface area contributed by atoms with Crippen LogP contribution >= 0.6 is 0 Å². The summed E-state index contributed by atoms with van der Waals surface area (Å²) < 4.78 is 0. The molecule has 1 aliphatic heterocycles. The minimum absolute atomic E-state index is 0.112. The number of rotatable bonds is 1. The van der Waals surface area contributed by atoms with Gasteiger partial charge in [0.2, 0.25) is 5.88 Å². The summed E-state index contributed by atoms with van der Waals surface area (Å²) in [7, 11) is 0. The van der Waals surface area contributed by atoms with E-state index in [1.165, 1.54) is 12.8 Å². The predicted octanol–water partition coefficient (Wildman–Crippen LogP) is 2.02. The smallest absolute Gasteiger partial charge is 0.212 e. The zero-order chi connectivity index (χ0) is 9.97. The van der Waals surface area contributed by atoms with Crippen molar-refractivity contribution < 1.29 is 5.11 Å². The van der Waals surface area contributed by atoms with Crippen LogP contribution in [0.5, 0.6) is 5.88 Å². The summed E-state index contributed by atoms with van der Waals surface area (Å²) in [6, 6.07) is 3.69. The fourth-order valence-corrected chi connectivity index (χ4v) is 1.87. The van der Waals surface area contributed by atoms with Crippen molar-refractivity contribution in [1.29, 1.82) is 0 Å². The normalized spacial score (nSPS) is 18.5. The Morgan fingerprint density at radius 1 is 1.43 bits per heavy atom. The van der Waals surface area contributed by atoms with Gasteiger partial charge in [-0.3, -0.25) is 0 Å². The fourth-order valence-electron chi connectivity index (χ4n) is 1.87. The van der Waals surface area contributed by atoms with Gasteiger partial charge >= 0.3 is 0 Å². The van der Waals surface area contributed by atoms with E-state index in [0.717, 1.165) is 24.7 Å². The lowest BCUT2D eigenvalue weighted by Gasteiger charge is -2.31. The van der Waals surface area contributed by atoms with Crippen molar-refractivity contribution in [2.75, 3.05) is 18.0 Å². The van der Waals surface area contributed by atoms with Crippen molar-refractivity contribution in [3.8, 4) is 5.88 Å². The lowest BCUT2D eigenvalue weighted by atomic mass is 9.99. The number of hydrogen-bond acceptors (Lipinski definition) is 3. The number of piperidine rings is 1. The van der Waals surface area contributed by atoms with Crippen LogP contribution in [-0.4, -0.2) is 23.2 Å². The second-order valence-electron chi connectivity index (χ2n) is 4.04. The van der Waals surface area contributed by atoms with Gasteiger partial charge in [-0.05, 0) is 24.8 Å². The van der Waals surface area contributed by atoms with Crippen LogP contribution < -0.4 is 4.90 Å². The maximum Gasteiger partial charge on any atom is 0.212 e. The number of nitrogens with zero attached hydrogens (tertiary/aromatic N) is 2. The molecule has 0 unspecified atom stereocenters. The number of aromatic hydroxyl groups is 1. The van der Waals surface area contributed by atoms with Crippen LogP contribution in [0.2, 0.25) is 0 Å². The highest BCUT2D eigenvalue weighted by molar-refractivity contribution is 5.47. The quantitative estimate of drug-likeness (QED) is 0.739. The summed E-state index contributed by atoms with van der Waals surface area (Å²) in [5.41, 5.74) is 1.09. The molecule has 0 spiro atoms. The molecule has 0 radical (unpaired) electrons. The molecule has 3 heteroatoms. The first kappa shape index (κ1) is 9.31. The number of pyridine rings is 1. The maximum atomic E-state index is 9.26. The number of anilines is 1. The van der Waals surface area contributed by atoms with Gasteiger partial charge in [-0.1, -0.05) is 6.92 Å². The molecule has 0 saturated carbocycles. The van der Waals surface area contributed by atoms with E-state index in [1.807, 2.05) is 6.07 Å². The summed E-state index contributed by atoms with van der Waals surface area (Å²) in [5, 5.41) is 9.26. The van der Waals surface area contributed by atoms with Crippen LogP contribution in [0.3, 0.4) is 0 Å². The second-order valence-corrected chi connectivity index (χ2v) is 4.04. The van der Waals surface area contributed by atoms with E-state index in [0.29, 0.717) is 0 Å². The molecule has 3 nitrogen and oxygen atoms in total. The van der Waals surface area contributed by atoms with E-state index >= 15 is 0 Å². The van der Waals surface area contributed by atoms with E-state index in [9.17, 15) is 5.11 Å². The van der Waals surface area contributed by atoms with Crippen LogP contribution in [-0.2, 0) is 0 Å². The molecule has 1 aliphatic rings. The molecule has 1 aromatic heterocycles. The third-order valence-electron chi connectivity index (χ3n) is 2.88. The van der Waals surface area contributed by atoms with Gasteiger partial charge in [0.05, 0.1) is 0 Å². The topological polar surface area (TPSA) is 36.4 Å². The molecule has 1 fully saturated rings. The number of hydrogen-bond donors (Lipinski definition) is 1. The summed E-state index contributed by atoms with van der Waals surface area (Å²) in [6.45, 7) is 4.47. The molecule has 0 amide bonds. The molecular weight excluding hydrogens is 176 g/mol. The molecule has 76 valence electrons. The first-order valence-electron chi connectivity index (χ1n) is 5.15. The highest BCUT2D eigenvalue weighted by Gasteiger charge is 2.15. The Balaban J connectivity index is 2.08. The van der Waals surface area contributed by atoms with Crippen molar-refractivity contribution in [3.63, 3.8) is 0 Å². The highest BCUT2D eigenvalue weighted by Crippen LogP contribution is 2.24. The summed E-state index contributed by atoms with van der Waals surface area (Å²) in [5.74, 6) is 0.947. The molecule has 0 bridgehead atoms. The first-order valence-corrected chi connectivity index (χ1v) is 5.15. The SMILES string of the molecule is CC1CCN(c2ccnc(O)c2)CC1. The molecule has 1 saturated heterocycles. The van der Waals surface area contributed by atoms with Crippen molar-refractivity contribution in [2.24, 2.45) is 5.92 Å². The van der Waals surface area contributed by atoms with E-state index in [-0.39, 0.29) is 5.88 Å². The standard InChI is InChI=1S/C11H16N2O/c1-9-3-6-13(7-4-9)10-2-5-12-11(14)8-10/h2,5,8-9H,3-4,6-7H2,1H3,(H,12,14). The first-order chi connectivity index (χ1) is 6.75. The predicted molar refractivity (Wildman–Crippen MR) is 56.5 cm³/mol. The Labute approximate surface area is 84.4 Å². The molecule has 0 aromatic carbocycles. The average molecular weight is 192 g/mol. The molecular formula is C11H16N2O. The Bertz CT molecular complexity index is 306. The van der Waals surface area contributed by atoms with Gasteiger partial charge < -0.3 is 10.0 Å². The molecule has 1 aromatic rings. The Kier molecular flexibility index (Phi) is 2.57. The minimum atomic E-state index is 0.112. The Morgan fingerprint density at radius 3 is 2.79 bits per heavy atom. The van der Waals surface area contributed by atoms with Gasteiger partial charge in [-0.15, -0.1) is 0 Å². The Morgan fingerprint density at radius 2 is 2.14 bits per heavy atom. The van der Waals surface area contributed by atoms with Crippen LogP contribution in [0.15, 0.2) is 18.3 Å². The molecule has 2 rings (SSSR count). The van der Waals surface area contributed by atoms with E-state index in [1.54, 1.807) is 12.3 Å². The molecule has 1 N–H and O–H groups in total. The van der Waals surface area contributed by atoms with Gasteiger partial charge in [0.1, 0.15) is 0 Å². The summed E-state index contributed by atoms with van der Waals surface area (Å²) in [4.78, 5) is 6.09. The van der Waals surface area contributed by atoms with Gasteiger partial charge in [-0.2, -0.15) is 0 Å². The van der Waals surface area contributed by atoms with Crippen LogP contribution in [0, 0.1) is 5.92 Å². The molecule has 2 heterocycles. The van der Waals surface area contributed by atoms with E-state index < -0.39 is 0 Å². The zero-order valence-electron chi connectivity index (χ0n) is 8.48. The van der Waals surface area contributed by atoms with Gasteiger partial charge in [0.15, 0.2) is 0 Å².